The maximum absolute atomic E-state index is 10.9. The highest BCUT2D eigenvalue weighted by atomic mass is 28.4. The fraction of sp³-hybridized carbons (Fsp3) is 0.900. The Balaban J connectivity index is 2.41. The Morgan fingerprint density at radius 1 is 1.47 bits per heavy atom. The van der Waals surface area contributed by atoms with E-state index >= 15 is 0 Å². The molecule has 1 saturated heterocycles. The third-order valence-electron chi connectivity index (χ3n) is 3.49. The Labute approximate surface area is 92.7 Å². The van der Waals surface area contributed by atoms with Crippen molar-refractivity contribution in [1.82, 2.24) is 5.32 Å². The van der Waals surface area contributed by atoms with Gasteiger partial charge in [0.2, 0.25) is 5.91 Å². The van der Waals surface area contributed by atoms with Gasteiger partial charge in [0.25, 0.3) is 0 Å². The number of hydrogen-bond acceptors (Lipinski definition) is 3. The first-order chi connectivity index (χ1) is 6.65. The number of nitrogens with one attached hydrogen (secondary N) is 1. The van der Waals surface area contributed by atoms with Crippen LogP contribution in [0.2, 0.25) is 18.1 Å². The largest absolute Gasteiger partial charge is 0.415 e. The van der Waals surface area contributed by atoms with Crippen LogP contribution in [0.3, 0.4) is 0 Å². The first-order valence-electron chi connectivity index (χ1n) is 5.35. The van der Waals surface area contributed by atoms with Crippen LogP contribution in [0.1, 0.15) is 20.8 Å². The second kappa shape index (κ2) is 3.88. The summed E-state index contributed by atoms with van der Waals surface area (Å²) in [6, 6.07) is -0.374. The summed E-state index contributed by atoms with van der Waals surface area (Å²) in [5.41, 5.74) is 5.63. The first-order valence-corrected chi connectivity index (χ1v) is 8.26. The molecule has 0 aromatic carbocycles. The molecule has 3 N–H and O–H groups in total. The lowest BCUT2D eigenvalue weighted by Gasteiger charge is -2.40. The van der Waals surface area contributed by atoms with E-state index in [4.69, 9.17) is 10.2 Å². The molecule has 2 atom stereocenters. The molecule has 1 fully saturated rings. The molecule has 4 nitrogen and oxygen atoms in total. The van der Waals surface area contributed by atoms with E-state index in [2.05, 4.69) is 39.2 Å². The number of amides is 1. The maximum Gasteiger partial charge on any atom is 0.239 e. The van der Waals surface area contributed by atoms with Gasteiger partial charge in [-0.1, -0.05) is 20.8 Å². The van der Waals surface area contributed by atoms with Gasteiger partial charge in [-0.25, -0.2) is 0 Å². The third kappa shape index (κ3) is 2.59. The molecular formula is C10H22N2O2Si. The lowest BCUT2D eigenvalue weighted by molar-refractivity contribution is -0.131. The van der Waals surface area contributed by atoms with Gasteiger partial charge in [0.1, 0.15) is 6.04 Å². The van der Waals surface area contributed by atoms with Crippen LogP contribution in [-0.2, 0) is 9.22 Å². The van der Waals surface area contributed by atoms with E-state index in [1.807, 2.05) is 0 Å². The van der Waals surface area contributed by atoms with Crippen LogP contribution in [0, 0.1) is 0 Å². The van der Waals surface area contributed by atoms with Crippen molar-refractivity contribution in [2.24, 2.45) is 5.73 Å². The van der Waals surface area contributed by atoms with Crippen LogP contribution in [0.4, 0.5) is 0 Å². The second-order valence-corrected chi connectivity index (χ2v) is 10.5. The molecule has 0 unspecified atom stereocenters. The molecule has 0 radical (unpaired) electrons. The van der Waals surface area contributed by atoms with E-state index < -0.39 is 8.32 Å². The molecule has 1 rings (SSSR count). The molecule has 1 aliphatic rings. The molecule has 0 spiro atoms. The minimum Gasteiger partial charge on any atom is -0.415 e. The molecule has 1 amide bonds. The van der Waals surface area contributed by atoms with Crippen molar-refractivity contribution in [3.63, 3.8) is 0 Å². The van der Waals surface area contributed by atoms with Gasteiger partial charge >= 0.3 is 0 Å². The fourth-order valence-corrected chi connectivity index (χ4v) is 2.14. The summed E-state index contributed by atoms with van der Waals surface area (Å²) in [6.45, 7) is 11.5. The lowest BCUT2D eigenvalue weighted by Crippen LogP contribution is -2.69. The summed E-state index contributed by atoms with van der Waals surface area (Å²) in [4.78, 5) is 10.9. The fourth-order valence-electron chi connectivity index (χ4n) is 1.12. The number of carbonyl (C=O) groups excluding carboxylic acids is 1. The summed E-state index contributed by atoms with van der Waals surface area (Å²) in [5.74, 6) is -0.0705. The van der Waals surface area contributed by atoms with Crippen molar-refractivity contribution >= 4 is 14.2 Å². The van der Waals surface area contributed by atoms with Gasteiger partial charge in [0, 0.05) is 0 Å². The Bertz CT molecular complexity index is 261. The van der Waals surface area contributed by atoms with Crippen molar-refractivity contribution in [2.75, 3.05) is 6.61 Å². The summed E-state index contributed by atoms with van der Waals surface area (Å²) < 4.78 is 5.96. The summed E-state index contributed by atoms with van der Waals surface area (Å²) in [6.07, 6.45) is 0. The van der Waals surface area contributed by atoms with Gasteiger partial charge in [0.15, 0.2) is 8.32 Å². The molecule has 5 heteroatoms. The van der Waals surface area contributed by atoms with Gasteiger partial charge in [0.05, 0.1) is 12.6 Å². The number of β-lactam (4-membered cyclic amide) rings is 1. The number of hydrogen-bond donors (Lipinski definition) is 2. The van der Waals surface area contributed by atoms with Gasteiger partial charge in [-0.15, -0.1) is 0 Å². The summed E-state index contributed by atoms with van der Waals surface area (Å²) in [5, 5.41) is 2.95. The smallest absolute Gasteiger partial charge is 0.239 e. The monoisotopic (exact) mass is 230 g/mol. The molecule has 1 heterocycles. The van der Waals surface area contributed by atoms with Gasteiger partial charge in [-0.2, -0.15) is 0 Å². The molecule has 0 aromatic rings. The Hall–Kier alpha value is -0.393. The van der Waals surface area contributed by atoms with Crippen molar-refractivity contribution < 1.29 is 9.22 Å². The SMILES string of the molecule is CC(C)(C)[Si](C)(C)OC[C@H]1NC(=O)[C@H]1N. The quantitative estimate of drug-likeness (QED) is 0.557. The van der Waals surface area contributed by atoms with Crippen molar-refractivity contribution in [3.8, 4) is 0 Å². The molecule has 0 aliphatic carbocycles. The van der Waals surface area contributed by atoms with Crippen LogP contribution < -0.4 is 11.1 Å². The standard InChI is InChI=1S/C10H22N2O2Si/c1-10(2,3)15(4,5)14-6-7-8(11)9(13)12-7/h7-8H,6,11H2,1-5H3,(H,12,13)/t7-,8+/m1/s1. The molecular weight excluding hydrogens is 208 g/mol. The number of carbonyl (C=O) groups is 1. The molecule has 0 saturated carbocycles. The topological polar surface area (TPSA) is 64.3 Å². The highest BCUT2D eigenvalue weighted by molar-refractivity contribution is 6.74. The Morgan fingerprint density at radius 2 is 2.00 bits per heavy atom. The highest BCUT2D eigenvalue weighted by Crippen LogP contribution is 2.36. The molecule has 15 heavy (non-hydrogen) atoms. The van der Waals surface area contributed by atoms with E-state index in [1.165, 1.54) is 0 Å². The van der Waals surface area contributed by atoms with Gasteiger partial charge < -0.3 is 15.5 Å². The highest BCUT2D eigenvalue weighted by Gasteiger charge is 2.41. The maximum atomic E-state index is 10.9. The van der Waals surface area contributed by atoms with Gasteiger partial charge in [-0.05, 0) is 18.1 Å². The Morgan fingerprint density at radius 3 is 2.33 bits per heavy atom. The number of rotatable bonds is 3. The van der Waals surface area contributed by atoms with E-state index in [-0.39, 0.29) is 23.0 Å². The van der Waals surface area contributed by atoms with Crippen LogP contribution in [0.25, 0.3) is 0 Å². The normalized spacial score (nSPS) is 27.2. The number of nitrogens with two attached hydrogens (primary N) is 1. The van der Waals surface area contributed by atoms with Crippen LogP contribution in [-0.4, -0.2) is 32.9 Å². The van der Waals surface area contributed by atoms with Crippen molar-refractivity contribution in [1.29, 1.82) is 0 Å². The summed E-state index contributed by atoms with van der Waals surface area (Å²) >= 11 is 0. The van der Waals surface area contributed by atoms with E-state index in [9.17, 15) is 4.79 Å². The minimum absolute atomic E-state index is 0.00613. The van der Waals surface area contributed by atoms with Crippen LogP contribution in [0.5, 0.6) is 0 Å². The van der Waals surface area contributed by atoms with E-state index in [0.717, 1.165) is 0 Å². The van der Waals surface area contributed by atoms with Crippen LogP contribution in [0.15, 0.2) is 0 Å². The first kappa shape index (κ1) is 12.7. The second-order valence-electron chi connectivity index (χ2n) is 5.71. The zero-order valence-corrected chi connectivity index (χ0v) is 11.3. The third-order valence-corrected chi connectivity index (χ3v) is 7.99. The zero-order valence-electron chi connectivity index (χ0n) is 10.3. The van der Waals surface area contributed by atoms with Crippen molar-refractivity contribution in [2.45, 2.75) is 51.0 Å². The average Bonchev–Trinajstić information content (AvgIpc) is 2.09. The van der Waals surface area contributed by atoms with E-state index in [0.29, 0.717) is 6.61 Å². The summed E-state index contributed by atoms with van der Waals surface area (Å²) in [7, 11) is -1.71. The average molecular weight is 230 g/mol. The predicted octanol–water partition coefficient (Wildman–Crippen LogP) is 0.834. The molecule has 0 aromatic heterocycles. The molecule has 1 aliphatic heterocycles. The van der Waals surface area contributed by atoms with Crippen molar-refractivity contribution in [3.05, 3.63) is 0 Å². The minimum atomic E-state index is -1.71. The van der Waals surface area contributed by atoms with E-state index in [1.54, 1.807) is 0 Å². The van der Waals surface area contributed by atoms with Crippen LogP contribution >= 0.6 is 0 Å². The predicted molar refractivity (Wildman–Crippen MR) is 63.1 cm³/mol. The lowest BCUT2D eigenvalue weighted by atomic mass is 10.0. The molecule has 88 valence electrons. The molecule has 0 bridgehead atoms. The zero-order chi connectivity index (χ0) is 11.9. The van der Waals surface area contributed by atoms with Gasteiger partial charge in [-0.3, -0.25) is 4.79 Å². The Kier molecular flexibility index (Phi) is 3.28.